The molecule has 0 aromatic heterocycles. The quantitative estimate of drug-likeness (QED) is 0.563. The third-order valence-corrected chi connectivity index (χ3v) is 3.70. The molecule has 0 radical (unpaired) electrons. The minimum atomic E-state index is -0.710. The van der Waals surface area contributed by atoms with Gasteiger partial charge in [0.2, 0.25) is 0 Å². The molecule has 0 aliphatic heterocycles. The van der Waals surface area contributed by atoms with Crippen LogP contribution in [0.15, 0.2) is 48.5 Å². The summed E-state index contributed by atoms with van der Waals surface area (Å²) < 4.78 is 10.6. The monoisotopic (exact) mass is 356 g/mol. The second kappa shape index (κ2) is 10.1. The highest BCUT2D eigenvalue weighted by Crippen LogP contribution is 2.16. The number of ether oxygens (including phenoxy) is 2. The molecule has 0 aliphatic carbocycles. The van der Waals surface area contributed by atoms with Gasteiger partial charge < -0.3 is 20.1 Å². The fourth-order valence-corrected chi connectivity index (χ4v) is 2.16. The van der Waals surface area contributed by atoms with Gasteiger partial charge in [-0.2, -0.15) is 0 Å². The van der Waals surface area contributed by atoms with Gasteiger partial charge in [-0.1, -0.05) is 25.5 Å². The fraction of sp³-hybridized carbons (Fsp3) is 0.300. The molecule has 0 saturated heterocycles. The zero-order valence-electron chi connectivity index (χ0n) is 15.1. The third kappa shape index (κ3) is 6.12. The summed E-state index contributed by atoms with van der Waals surface area (Å²) in [7, 11) is 1.59. The molecule has 0 heterocycles. The van der Waals surface area contributed by atoms with Gasteiger partial charge in [0.1, 0.15) is 11.5 Å². The van der Waals surface area contributed by atoms with E-state index in [9.17, 15) is 9.59 Å². The maximum absolute atomic E-state index is 12.0. The van der Waals surface area contributed by atoms with Crippen molar-refractivity contribution < 1.29 is 19.1 Å². The van der Waals surface area contributed by atoms with E-state index in [0.717, 1.165) is 29.9 Å². The lowest BCUT2D eigenvalue weighted by Gasteiger charge is -2.09. The number of methoxy groups -OCH3 is 1. The van der Waals surface area contributed by atoms with Gasteiger partial charge in [0.05, 0.1) is 13.7 Å². The van der Waals surface area contributed by atoms with E-state index < -0.39 is 11.8 Å². The first-order valence-corrected chi connectivity index (χ1v) is 8.57. The standard InChI is InChI=1S/C20H24N2O4/c1-3-4-13-26-18-11-7-16(8-12-18)22-20(24)19(23)21-14-15-5-9-17(25-2)10-6-15/h5-12H,3-4,13-14H2,1-2H3,(H,21,23)(H,22,24). The molecule has 2 aromatic rings. The van der Waals surface area contributed by atoms with E-state index >= 15 is 0 Å². The summed E-state index contributed by atoms with van der Waals surface area (Å²) in [5.74, 6) is 0.0719. The van der Waals surface area contributed by atoms with Crippen LogP contribution in [0.3, 0.4) is 0 Å². The van der Waals surface area contributed by atoms with E-state index in [-0.39, 0.29) is 6.54 Å². The van der Waals surface area contributed by atoms with Crippen molar-refractivity contribution in [3.05, 3.63) is 54.1 Å². The Balaban J connectivity index is 1.79. The Labute approximate surface area is 153 Å². The molecule has 0 bridgehead atoms. The van der Waals surface area contributed by atoms with Crippen LogP contribution in [0.4, 0.5) is 5.69 Å². The average Bonchev–Trinajstić information content (AvgIpc) is 2.68. The van der Waals surface area contributed by atoms with Gasteiger partial charge in [-0.15, -0.1) is 0 Å². The number of carbonyl (C=O) groups excluding carboxylic acids is 2. The number of rotatable bonds is 8. The Morgan fingerprint density at radius 1 is 0.923 bits per heavy atom. The molecule has 2 aromatic carbocycles. The van der Waals surface area contributed by atoms with Crippen LogP contribution in [0.5, 0.6) is 11.5 Å². The molecule has 6 nitrogen and oxygen atoms in total. The molecule has 0 atom stereocenters. The lowest BCUT2D eigenvalue weighted by molar-refractivity contribution is -0.136. The number of benzene rings is 2. The molecule has 2 rings (SSSR count). The molecule has 6 heteroatoms. The summed E-state index contributed by atoms with van der Waals surface area (Å²) in [6, 6.07) is 14.2. The zero-order chi connectivity index (χ0) is 18.8. The summed E-state index contributed by atoms with van der Waals surface area (Å²) in [5, 5.41) is 5.15. The number of anilines is 1. The van der Waals surface area contributed by atoms with Crippen LogP contribution < -0.4 is 20.1 Å². The Hall–Kier alpha value is -3.02. The van der Waals surface area contributed by atoms with Crippen LogP contribution in [0, 0.1) is 0 Å². The van der Waals surface area contributed by atoms with Gasteiger partial charge in [-0.3, -0.25) is 9.59 Å². The van der Waals surface area contributed by atoms with Crippen molar-refractivity contribution in [2.24, 2.45) is 0 Å². The fourth-order valence-electron chi connectivity index (χ4n) is 2.16. The first-order chi connectivity index (χ1) is 12.6. The molecule has 0 fully saturated rings. The highest BCUT2D eigenvalue weighted by molar-refractivity contribution is 6.39. The SMILES string of the molecule is CCCCOc1ccc(NC(=O)C(=O)NCc2ccc(OC)cc2)cc1. The van der Waals surface area contributed by atoms with Crippen molar-refractivity contribution in [1.29, 1.82) is 0 Å². The van der Waals surface area contributed by atoms with Gasteiger partial charge in [-0.25, -0.2) is 0 Å². The minimum Gasteiger partial charge on any atom is -0.497 e. The maximum atomic E-state index is 12.0. The number of unbranched alkanes of at least 4 members (excludes halogenated alkanes) is 1. The normalized spacial score (nSPS) is 10.1. The Morgan fingerprint density at radius 3 is 2.19 bits per heavy atom. The molecule has 0 saturated carbocycles. The van der Waals surface area contributed by atoms with Gasteiger partial charge in [-0.05, 0) is 48.4 Å². The number of amides is 2. The van der Waals surface area contributed by atoms with E-state index in [1.807, 2.05) is 12.1 Å². The highest BCUT2D eigenvalue weighted by Gasteiger charge is 2.13. The highest BCUT2D eigenvalue weighted by atomic mass is 16.5. The first-order valence-electron chi connectivity index (χ1n) is 8.57. The Bertz CT molecular complexity index is 712. The summed E-state index contributed by atoms with van der Waals surface area (Å²) in [6.45, 7) is 3.03. The van der Waals surface area contributed by atoms with Crippen LogP contribution in [-0.2, 0) is 16.1 Å². The molecular weight excluding hydrogens is 332 g/mol. The van der Waals surface area contributed by atoms with Crippen molar-refractivity contribution >= 4 is 17.5 Å². The Kier molecular flexibility index (Phi) is 7.49. The van der Waals surface area contributed by atoms with Gasteiger partial charge in [0.25, 0.3) is 0 Å². The summed E-state index contributed by atoms with van der Waals surface area (Å²) >= 11 is 0. The topological polar surface area (TPSA) is 76.7 Å². The third-order valence-electron chi connectivity index (χ3n) is 3.70. The number of nitrogens with one attached hydrogen (secondary N) is 2. The van der Waals surface area contributed by atoms with E-state index in [2.05, 4.69) is 17.6 Å². The summed E-state index contributed by atoms with van der Waals surface area (Å²) in [6.07, 6.45) is 2.06. The zero-order valence-corrected chi connectivity index (χ0v) is 15.1. The first kappa shape index (κ1) is 19.3. The van der Waals surface area contributed by atoms with Crippen LogP contribution in [0.25, 0.3) is 0 Å². The molecule has 0 spiro atoms. The van der Waals surface area contributed by atoms with E-state index in [4.69, 9.17) is 9.47 Å². The lowest BCUT2D eigenvalue weighted by atomic mass is 10.2. The van der Waals surface area contributed by atoms with Crippen molar-refractivity contribution in [3.63, 3.8) is 0 Å². The van der Waals surface area contributed by atoms with E-state index in [1.165, 1.54) is 0 Å². The second-order valence-electron chi connectivity index (χ2n) is 5.71. The van der Waals surface area contributed by atoms with E-state index in [0.29, 0.717) is 12.3 Å². The molecule has 2 amide bonds. The minimum absolute atomic E-state index is 0.264. The molecule has 2 N–H and O–H groups in total. The molecule has 138 valence electrons. The smallest absolute Gasteiger partial charge is 0.313 e. The van der Waals surface area contributed by atoms with Crippen molar-refractivity contribution in [1.82, 2.24) is 5.32 Å². The molecule has 26 heavy (non-hydrogen) atoms. The molecular formula is C20H24N2O4. The van der Waals surface area contributed by atoms with Gasteiger partial charge in [0, 0.05) is 12.2 Å². The number of hydrogen-bond acceptors (Lipinski definition) is 4. The predicted octanol–water partition coefficient (Wildman–Crippen LogP) is 3.13. The van der Waals surface area contributed by atoms with Gasteiger partial charge in [0.15, 0.2) is 0 Å². The summed E-state index contributed by atoms with van der Waals surface area (Å²) in [4.78, 5) is 23.9. The predicted molar refractivity (Wildman–Crippen MR) is 100 cm³/mol. The molecule has 0 unspecified atom stereocenters. The van der Waals surface area contributed by atoms with Crippen LogP contribution in [0.2, 0.25) is 0 Å². The number of carbonyl (C=O) groups is 2. The molecule has 0 aliphatic rings. The van der Waals surface area contributed by atoms with Crippen molar-refractivity contribution in [3.8, 4) is 11.5 Å². The van der Waals surface area contributed by atoms with Gasteiger partial charge >= 0.3 is 11.8 Å². The summed E-state index contributed by atoms with van der Waals surface area (Å²) in [5.41, 5.74) is 1.41. The van der Waals surface area contributed by atoms with Crippen LogP contribution in [0.1, 0.15) is 25.3 Å². The van der Waals surface area contributed by atoms with Crippen molar-refractivity contribution in [2.45, 2.75) is 26.3 Å². The van der Waals surface area contributed by atoms with Crippen molar-refractivity contribution in [2.75, 3.05) is 19.0 Å². The maximum Gasteiger partial charge on any atom is 0.313 e. The van der Waals surface area contributed by atoms with Crippen LogP contribution >= 0.6 is 0 Å². The number of hydrogen-bond donors (Lipinski definition) is 2. The van der Waals surface area contributed by atoms with E-state index in [1.54, 1.807) is 43.5 Å². The largest absolute Gasteiger partial charge is 0.497 e. The Morgan fingerprint density at radius 2 is 1.58 bits per heavy atom. The average molecular weight is 356 g/mol. The van der Waals surface area contributed by atoms with Crippen LogP contribution in [-0.4, -0.2) is 25.5 Å². The second-order valence-corrected chi connectivity index (χ2v) is 5.71. The lowest BCUT2D eigenvalue weighted by Crippen LogP contribution is -2.34.